The number of rotatable bonds is 7. The Labute approximate surface area is 233 Å². The Hall–Kier alpha value is -3.34. The number of alkyl halides is 2. The number of benzene rings is 1. The third kappa shape index (κ3) is 6.68. The number of halogens is 2. The topological polar surface area (TPSA) is 94.4 Å². The maximum atomic E-state index is 14.2. The quantitative estimate of drug-likeness (QED) is 0.376. The van der Waals surface area contributed by atoms with E-state index >= 15 is 0 Å². The van der Waals surface area contributed by atoms with Gasteiger partial charge in [-0.1, -0.05) is 6.07 Å². The zero-order chi connectivity index (χ0) is 28.4. The minimum absolute atomic E-state index is 0.145. The van der Waals surface area contributed by atoms with Gasteiger partial charge in [0.25, 0.3) is 6.43 Å². The van der Waals surface area contributed by atoms with Gasteiger partial charge in [-0.25, -0.2) is 13.8 Å². The smallest absolute Gasteiger partial charge is 0.306 e. The number of carbonyl (C=O) groups is 1. The van der Waals surface area contributed by atoms with E-state index in [1.807, 2.05) is 44.7 Å². The molecule has 1 N–H and O–H groups in total. The van der Waals surface area contributed by atoms with Gasteiger partial charge in [0, 0.05) is 31.6 Å². The second-order valence-electron chi connectivity index (χ2n) is 11.8. The van der Waals surface area contributed by atoms with E-state index in [1.54, 1.807) is 12.1 Å². The zero-order valence-corrected chi connectivity index (χ0v) is 23.6. The monoisotopic (exact) mass is 556 g/mol. The normalized spacial score (nSPS) is 20.2. The zero-order valence-electron chi connectivity index (χ0n) is 23.6. The van der Waals surface area contributed by atoms with E-state index in [0.717, 1.165) is 31.2 Å². The van der Waals surface area contributed by atoms with Gasteiger partial charge in [-0.3, -0.25) is 9.36 Å². The maximum Gasteiger partial charge on any atom is 0.306 e. The van der Waals surface area contributed by atoms with Gasteiger partial charge in [0.15, 0.2) is 5.82 Å². The van der Waals surface area contributed by atoms with Gasteiger partial charge in [-0.05, 0) is 77.0 Å². The molecule has 216 valence electrons. The molecule has 0 amide bonds. The Morgan fingerprint density at radius 2 is 1.82 bits per heavy atom. The number of anilines is 2. The number of fused-ring (bicyclic) bond motifs is 1. The molecule has 9 nitrogen and oxygen atoms in total. The summed E-state index contributed by atoms with van der Waals surface area (Å²) in [5.74, 6) is 1.18. The molecule has 3 aromatic rings. The number of aromatic nitrogens is 4. The van der Waals surface area contributed by atoms with Crippen molar-refractivity contribution in [2.24, 2.45) is 5.92 Å². The molecule has 0 bridgehead atoms. The number of carbonyl (C=O) groups excluding carboxylic acids is 1. The standard InChI is InChI=1S/C29H38F2N6O3/c1-18-5-10-21-22(15-18)37(27(33-21)26(30)31)24-17-23(34-28(35-24)36-11-13-39-14-12-36)32-20-8-6-19(7-9-20)16-25(38)40-29(2,3)4/h5,10,15,17,19-20,26H,6-9,11-14,16H2,1-4H3,(H,32,34,35). The lowest BCUT2D eigenvalue weighted by molar-refractivity contribution is -0.156. The van der Waals surface area contributed by atoms with E-state index in [0.29, 0.717) is 61.3 Å². The average molecular weight is 557 g/mol. The first kappa shape index (κ1) is 28.2. The van der Waals surface area contributed by atoms with Gasteiger partial charge < -0.3 is 19.7 Å². The van der Waals surface area contributed by atoms with E-state index in [1.165, 1.54) is 4.57 Å². The van der Waals surface area contributed by atoms with E-state index in [2.05, 4.69) is 10.3 Å². The Balaban J connectivity index is 1.41. The summed E-state index contributed by atoms with van der Waals surface area (Å²) in [6, 6.07) is 7.34. The summed E-state index contributed by atoms with van der Waals surface area (Å²) in [6.07, 6.45) is 1.18. The van der Waals surface area contributed by atoms with Gasteiger partial charge >= 0.3 is 5.97 Å². The van der Waals surface area contributed by atoms with Gasteiger partial charge in [0.05, 0.1) is 24.2 Å². The predicted molar refractivity (Wildman–Crippen MR) is 149 cm³/mol. The van der Waals surface area contributed by atoms with Gasteiger partial charge in [-0.15, -0.1) is 0 Å². The van der Waals surface area contributed by atoms with Crippen molar-refractivity contribution in [1.29, 1.82) is 0 Å². The Morgan fingerprint density at radius 3 is 2.50 bits per heavy atom. The Kier molecular flexibility index (Phi) is 8.21. The highest BCUT2D eigenvalue weighted by Crippen LogP contribution is 2.32. The van der Waals surface area contributed by atoms with Crippen molar-refractivity contribution in [3.63, 3.8) is 0 Å². The highest BCUT2D eigenvalue weighted by Gasteiger charge is 2.27. The molecule has 2 fully saturated rings. The molecule has 0 unspecified atom stereocenters. The van der Waals surface area contributed by atoms with Crippen molar-refractivity contribution in [2.45, 2.75) is 77.9 Å². The van der Waals surface area contributed by atoms with Crippen molar-refractivity contribution in [2.75, 3.05) is 36.5 Å². The molecule has 2 aliphatic rings. The number of nitrogens with zero attached hydrogens (tertiary/aromatic N) is 5. The summed E-state index contributed by atoms with van der Waals surface area (Å²) >= 11 is 0. The predicted octanol–water partition coefficient (Wildman–Crippen LogP) is 5.60. The maximum absolute atomic E-state index is 14.2. The average Bonchev–Trinajstić information content (AvgIpc) is 3.28. The van der Waals surface area contributed by atoms with Crippen LogP contribution < -0.4 is 10.2 Å². The summed E-state index contributed by atoms with van der Waals surface area (Å²) in [5.41, 5.74) is 1.53. The van der Waals surface area contributed by atoms with Crippen LogP contribution in [0.1, 0.15) is 70.7 Å². The van der Waals surface area contributed by atoms with Crippen molar-refractivity contribution >= 4 is 28.8 Å². The fourth-order valence-corrected chi connectivity index (χ4v) is 5.45. The molecule has 1 aliphatic carbocycles. The lowest BCUT2D eigenvalue weighted by Crippen LogP contribution is -2.37. The van der Waals surface area contributed by atoms with Crippen LogP contribution in [0.4, 0.5) is 20.5 Å². The molecular weight excluding hydrogens is 518 g/mol. The van der Waals surface area contributed by atoms with Crippen LogP contribution in [0.3, 0.4) is 0 Å². The molecule has 1 aromatic carbocycles. The molecule has 3 heterocycles. The van der Waals surface area contributed by atoms with Crippen molar-refractivity contribution < 1.29 is 23.0 Å². The molecule has 1 saturated heterocycles. The number of ether oxygens (including phenoxy) is 2. The van der Waals surface area contributed by atoms with Crippen molar-refractivity contribution in [3.8, 4) is 5.82 Å². The van der Waals surface area contributed by atoms with Crippen LogP contribution in [0.2, 0.25) is 0 Å². The van der Waals surface area contributed by atoms with E-state index < -0.39 is 12.0 Å². The highest BCUT2D eigenvalue weighted by molar-refractivity contribution is 5.79. The summed E-state index contributed by atoms with van der Waals surface area (Å²) in [7, 11) is 0. The van der Waals surface area contributed by atoms with Gasteiger partial charge in [-0.2, -0.15) is 9.97 Å². The molecule has 0 spiro atoms. The molecule has 2 aromatic heterocycles. The molecule has 40 heavy (non-hydrogen) atoms. The van der Waals surface area contributed by atoms with Gasteiger partial charge in [0.2, 0.25) is 5.95 Å². The first-order valence-electron chi connectivity index (χ1n) is 14.0. The summed E-state index contributed by atoms with van der Waals surface area (Å²) in [4.78, 5) is 28.1. The van der Waals surface area contributed by atoms with Crippen molar-refractivity contribution in [3.05, 3.63) is 35.7 Å². The number of nitrogens with one attached hydrogen (secondary N) is 1. The van der Waals surface area contributed by atoms with Crippen LogP contribution >= 0.6 is 0 Å². The van der Waals surface area contributed by atoms with E-state index in [-0.39, 0.29) is 23.8 Å². The SMILES string of the molecule is Cc1ccc2nc(C(F)F)n(-c3cc(NC4CCC(CC(=O)OC(C)(C)C)CC4)nc(N4CCOCC4)n3)c2c1. The minimum Gasteiger partial charge on any atom is -0.460 e. The number of hydrogen-bond acceptors (Lipinski definition) is 8. The third-order valence-corrected chi connectivity index (χ3v) is 7.33. The molecular formula is C29H38F2N6O3. The summed E-state index contributed by atoms with van der Waals surface area (Å²) in [6.45, 7) is 9.89. The second kappa shape index (κ2) is 11.6. The lowest BCUT2D eigenvalue weighted by atomic mass is 9.84. The number of esters is 1. The van der Waals surface area contributed by atoms with E-state index in [4.69, 9.17) is 19.4 Å². The first-order chi connectivity index (χ1) is 19.1. The molecule has 1 saturated carbocycles. The van der Waals surface area contributed by atoms with Crippen LogP contribution in [-0.4, -0.2) is 63.4 Å². The highest BCUT2D eigenvalue weighted by atomic mass is 19.3. The number of aryl methyl sites for hydroxylation is 1. The number of imidazole rings is 1. The first-order valence-corrected chi connectivity index (χ1v) is 14.0. The molecule has 0 atom stereocenters. The van der Waals surface area contributed by atoms with Crippen molar-refractivity contribution in [1.82, 2.24) is 19.5 Å². The largest absolute Gasteiger partial charge is 0.460 e. The van der Waals surface area contributed by atoms with E-state index in [9.17, 15) is 13.6 Å². The summed E-state index contributed by atoms with van der Waals surface area (Å²) < 4.78 is 40.8. The molecule has 11 heteroatoms. The van der Waals surface area contributed by atoms with Crippen LogP contribution in [0.15, 0.2) is 24.3 Å². The Morgan fingerprint density at radius 1 is 1.10 bits per heavy atom. The number of hydrogen-bond donors (Lipinski definition) is 1. The van der Waals surface area contributed by atoms with Gasteiger partial charge in [0.1, 0.15) is 17.2 Å². The summed E-state index contributed by atoms with van der Waals surface area (Å²) in [5, 5.41) is 3.54. The Bertz CT molecular complexity index is 1340. The van der Waals surface area contributed by atoms with Crippen LogP contribution in [0, 0.1) is 12.8 Å². The lowest BCUT2D eigenvalue weighted by Gasteiger charge is -2.31. The fraction of sp³-hybridized carbons (Fsp3) is 0.586. The van der Waals surface area contributed by atoms with Crippen LogP contribution in [0.25, 0.3) is 16.9 Å². The molecule has 0 radical (unpaired) electrons. The second-order valence-corrected chi connectivity index (χ2v) is 11.8. The minimum atomic E-state index is -2.77. The molecule has 1 aliphatic heterocycles. The van der Waals surface area contributed by atoms with Crippen LogP contribution in [0.5, 0.6) is 0 Å². The van der Waals surface area contributed by atoms with Crippen LogP contribution in [-0.2, 0) is 14.3 Å². The molecule has 5 rings (SSSR count). The third-order valence-electron chi connectivity index (χ3n) is 7.33. The number of morpholine rings is 1. The fourth-order valence-electron chi connectivity index (χ4n) is 5.45.